The SMILES string of the molecule is Cc1cc(O)c(C(=O)OCCN(C)C)c(-c2ccccc2[N+](=O)[O-])c1C(=O)OC1CCCC1. The van der Waals surface area contributed by atoms with Crippen molar-refractivity contribution in [1.82, 2.24) is 4.90 Å². The van der Waals surface area contributed by atoms with Gasteiger partial charge in [-0.3, -0.25) is 10.1 Å². The van der Waals surface area contributed by atoms with Crippen molar-refractivity contribution in [3.8, 4) is 16.9 Å². The maximum Gasteiger partial charge on any atom is 0.342 e. The lowest BCUT2D eigenvalue weighted by atomic mass is 9.89. The number of nitro groups is 1. The molecule has 2 aromatic carbocycles. The molecule has 0 bridgehead atoms. The van der Waals surface area contributed by atoms with Gasteiger partial charge in [-0.15, -0.1) is 0 Å². The molecule has 9 nitrogen and oxygen atoms in total. The minimum Gasteiger partial charge on any atom is -0.507 e. The van der Waals surface area contributed by atoms with E-state index in [0.717, 1.165) is 25.7 Å². The highest BCUT2D eigenvalue weighted by atomic mass is 16.6. The summed E-state index contributed by atoms with van der Waals surface area (Å²) >= 11 is 0. The van der Waals surface area contributed by atoms with Crippen LogP contribution in [0.2, 0.25) is 0 Å². The number of aryl methyl sites for hydroxylation is 1. The fourth-order valence-corrected chi connectivity index (χ4v) is 3.99. The summed E-state index contributed by atoms with van der Waals surface area (Å²) in [4.78, 5) is 39.3. The topological polar surface area (TPSA) is 119 Å². The van der Waals surface area contributed by atoms with Crippen LogP contribution in [0.5, 0.6) is 5.75 Å². The number of benzene rings is 2. The van der Waals surface area contributed by atoms with Crippen LogP contribution in [0.3, 0.4) is 0 Å². The van der Waals surface area contributed by atoms with E-state index in [2.05, 4.69) is 0 Å². The fraction of sp³-hybridized carbons (Fsp3) is 0.417. The fourth-order valence-electron chi connectivity index (χ4n) is 3.99. The van der Waals surface area contributed by atoms with Crippen LogP contribution in [0, 0.1) is 17.0 Å². The molecule has 1 aliphatic carbocycles. The molecular formula is C24H28N2O7. The Balaban J connectivity index is 2.19. The van der Waals surface area contributed by atoms with Crippen molar-refractivity contribution in [1.29, 1.82) is 0 Å². The summed E-state index contributed by atoms with van der Waals surface area (Å²) in [6.07, 6.45) is 3.13. The molecule has 0 heterocycles. The number of aromatic hydroxyl groups is 1. The molecule has 0 spiro atoms. The molecule has 3 rings (SSSR count). The van der Waals surface area contributed by atoms with Gasteiger partial charge in [-0.25, -0.2) is 9.59 Å². The molecule has 0 amide bonds. The van der Waals surface area contributed by atoms with Gasteiger partial charge in [-0.2, -0.15) is 0 Å². The van der Waals surface area contributed by atoms with Crippen molar-refractivity contribution in [2.75, 3.05) is 27.2 Å². The monoisotopic (exact) mass is 456 g/mol. The Morgan fingerprint density at radius 2 is 1.82 bits per heavy atom. The van der Waals surface area contributed by atoms with Crippen molar-refractivity contribution in [2.24, 2.45) is 0 Å². The zero-order valence-corrected chi connectivity index (χ0v) is 19.0. The maximum absolute atomic E-state index is 13.3. The Labute approximate surface area is 192 Å². The van der Waals surface area contributed by atoms with Gasteiger partial charge in [0.2, 0.25) is 0 Å². The minimum absolute atomic E-state index is 0.00793. The number of phenols is 1. The standard InChI is InChI=1S/C24H28N2O7/c1-15-14-19(27)22(23(28)32-13-12-25(2)3)21(17-10-6-7-11-18(17)26(30)31)20(15)24(29)33-16-8-4-5-9-16/h6-7,10-11,14,16,27H,4-5,8-9,12-13H2,1-3H3. The summed E-state index contributed by atoms with van der Waals surface area (Å²) < 4.78 is 11.0. The second kappa shape index (κ2) is 10.4. The molecule has 0 saturated heterocycles. The molecule has 1 aliphatic rings. The van der Waals surface area contributed by atoms with Crippen LogP contribution < -0.4 is 0 Å². The largest absolute Gasteiger partial charge is 0.507 e. The van der Waals surface area contributed by atoms with Gasteiger partial charge in [0.15, 0.2) is 0 Å². The van der Waals surface area contributed by atoms with E-state index < -0.39 is 22.6 Å². The summed E-state index contributed by atoms with van der Waals surface area (Å²) in [6.45, 7) is 2.07. The van der Waals surface area contributed by atoms with Crippen LogP contribution in [-0.2, 0) is 9.47 Å². The summed E-state index contributed by atoms with van der Waals surface area (Å²) in [7, 11) is 3.63. The number of ether oxygens (including phenoxy) is 2. The molecule has 33 heavy (non-hydrogen) atoms. The van der Waals surface area contributed by atoms with E-state index in [9.17, 15) is 24.8 Å². The second-order valence-electron chi connectivity index (χ2n) is 8.36. The first-order valence-electron chi connectivity index (χ1n) is 10.8. The zero-order valence-electron chi connectivity index (χ0n) is 19.0. The van der Waals surface area contributed by atoms with E-state index in [-0.39, 0.29) is 40.7 Å². The molecule has 176 valence electrons. The van der Waals surface area contributed by atoms with Crippen LogP contribution in [0.15, 0.2) is 30.3 Å². The minimum atomic E-state index is -0.877. The molecular weight excluding hydrogens is 428 g/mol. The van der Waals surface area contributed by atoms with Crippen molar-refractivity contribution in [3.05, 3.63) is 57.1 Å². The molecule has 0 atom stereocenters. The number of carbonyl (C=O) groups excluding carboxylic acids is 2. The van der Waals surface area contributed by atoms with E-state index in [1.807, 2.05) is 19.0 Å². The molecule has 9 heteroatoms. The van der Waals surface area contributed by atoms with Gasteiger partial charge in [0.1, 0.15) is 24.0 Å². The number of carbonyl (C=O) groups is 2. The van der Waals surface area contributed by atoms with E-state index in [1.165, 1.54) is 24.3 Å². The average Bonchev–Trinajstić information content (AvgIpc) is 3.25. The lowest BCUT2D eigenvalue weighted by molar-refractivity contribution is -0.384. The van der Waals surface area contributed by atoms with Gasteiger partial charge in [0.25, 0.3) is 5.69 Å². The van der Waals surface area contributed by atoms with Crippen LogP contribution in [-0.4, -0.2) is 60.2 Å². The number of esters is 2. The zero-order chi connectivity index (χ0) is 24.1. The molecule has 2 aromatic rings. The van der Waals surface area contributed by atoms with Crippen molar-refractivity contribution < 1.29 is 29.1 Å². The quantitative estimate of drug-likeness (QED) is 0.358. The van der Waals surface area contributed by atoms with E-state index in [0.29, 0.717) is 12.1 Å². The highest BCUT2D eigenvalue weighted by Gasteiger charge is 2.32. The normalized spacial score (nSPS) is 13.8. The molecule has 0 aromatic heterocycles. The third kappa shape index (κ3) is 5.48. The lowest BCUT2D eigenvalue weighted by Gasteiger charge is -2.20. The summed E-state index contributed by atoms with van der Waals surface area (Å²) in [5.41, 5.74) is -0.286. The Morgan fingerprint density at radius 3 is 2.45 bits per heavy atom. The van der Waals surface area contributed by atoms with Crippen molar-refractivity contribution in [2.45, 2.75) is 38.7 Å². The number of para-hydroxylation sites is 1. The first-order chi connectivity index (χ1) is 15.7. The Morgan fingerprint density at radius 1 is 1.15 bits per heavy atom. The predicted octanol–water partition coefficient (Wildman–Crippen LogP) is 4.09. The van der Waals surface area contributed by atoms with E-state index >= 15 is 0 Å². The molecule has 1 N–H and O–H groups in total. The van der Waals surface area contributed by atoms with Crippen LogP contribution >= 0.6 is 0 Å². The number of nitrogens with zero attached hydrogens (tertiary/aromatic N) is 2. The molecule has 1 saturated carbocycles. The molecule has 0 aliphatic heterocycles. The third-order valence-corrected chi connectivity index (χ3v) is 5.63. The predicted molar refractivity (Wildman–Crippen MR) is 121 cm³/mol. The van der Waals surface area contributed by atoms with E-state index in [4.69, 9.17) is 9.47 Å². The maximum atomic E-state index is 13.3. The smallest absolute Gasteiger partial charge is 0.342 e. The van der Waals surface area contributed by atoms with Gasteiger partial charge < -0.3 is 19.5 Å². The van der Waals surface area contributed by atoms with Crippen molar-refractivity contribution >= 4 is 17.6 Å². The molecule has 1 fully saturated rings. The number of phenolic OH excluding ortho intramolecular Hbond substituents is 1. The highest BCUT2D eigenvalue weighted by molar-refractivity contribution is 6.09. The Kier molecular flexibility index (Phi) is 7.65. The van der Waals surface area contributed by atoms with Gasteiger partial charge >= 0.3 is 11.9 Å². The van der Waals surface area contributed by atoms with Gasteiger partial charge in [0.05, 0.1) is 16.1 Å². The molecule has 0 radical (unpaired) electrons. The first-order valence-corrected chi connectivity index (χ1v) is 10.8. The van der Waals surface area contributed by atoms with Crippen LogP contribution in [0.25, 0.3) is 11.1 Å². The first kappa shape index (κ1) is 24.2. The average molecular weight is 456 g/mol. The number of rotatable bonds is 8. The van der Waals surface area contributed by atoms with Gasteiger partial charge in [0, 0.05) is 18.2 Å². The highest BCUT2D eigenvalue weighted by Crippen LogP contribution is 2.41. The second-order valence-corrected chi connectivity index (χ2v) is 8.36. The van der Waals surface area contributed by atoms with Gasteiger partial charge in [-0.05, 0) is 64.4 Å². The Bertz CT molecular complexity index is 1060. The third-order valence-electron chi connectivity index (χ3n) is 5.63. The number of likely N-dealkylation sites (N-methyl/N-ethyl adjacent to an activating group) is 1. The van der Waals surface area contributed by atoms with Gasteiger partial charge in [-0.1, -0.05) is 12.1 Å². The van der Waals surface area contributed by atoms with E-state index in [1.54, 1.807) is 13.0 Å². The summed E-state index contributed by atoms with van der Waals surface area (Å²) in [5, 5.41) is 22.5. The van der Waals surface area contributed by atoms with Crippen LogP contribution in [0.4, 0.5) is 5.69 Å². The van der Waals surface area contributed by atoms with Crippen LogP contribution in [0.1, 0.15) is 52.0 Å². The number of hydrogen-bond donors (Lipinski definition) is 1. The number of hydrogen-bond acceptors (Lipinski definition) is 8. The number of nitro benzene ring substituents is 1. The summed E-state index contributed by atoms with van der Waals surface area (Å²) in [6, 6.07) is 7.06. The van der Waals surface area contributed by atoms with Crippen molar-refractivity contribution in [3.63, 3.8) is 0 Å². The Hall–Kier alpha value is -3.46. The lowest BCUT2D eigenvalue weighted by Crippen LogP contribution is -2.22. The molecule has 0 unspecified atom stereocenters. The summed E-state index contributed by atoms with van der Waals surface area (Å²) in [5.74, 6) is -1.99.